The number of aliphatic carboxylic acids is 1. The number of carbonyl (C=O) groups excluding carboxylic acids is 1. The minimum Gasteiger partial charge on any atom is -0.475 e. The molecular weight excluding hydrogens is 353 g/mol. The lowest BCUT2D eigenvalue weighted by atomic mass is 10.1. The van der Waals surface area contributed by atoms with Gasteiger partial charge in [-0.05, 0) is 25.2 Å². The molecule has 0 unspecified atom stereocenters. The van der Waals surface area contributed by atoms with E-state index in [0.29, 0.717) is 18.5 Å². The second kappa shape index (κ2) is 6.90. The number of alkyl halides is 3. The quantitative estimate of drug-likeness (QED) is 0.870. The van der Waals surface area contributed by atoms with Gasteiger partial charge in [-0.3, -0.25) is 14.4 Å². The van der Waals surface area contributed by atoms with Gasteiger partial charge in [0.25, 0.3) is 0 Å². The highest BCUT2D eigenvalue weighted by Crippen LogP contribution is 2.38. The van der Waals surface area contributed by atoms with E-state index in [1.165, 1.54) is 19.4 Å². The van der Waals surface area contributed by atoms with Crippen LogP contribution in [0, 0.1) is 5.92 Å². The Balaban J connectivity index is 0.000000242. The SMILES string of the molecule is Cn1cc(N2C(=O)C[C@@H]3[C@@H]2CCN3CC2CC2)cn1.O=C(O)C(F)(F)F. The van der Waals surface area contributed by atoms with Crippen LogP contribution in [0.25, 0.3) is 0 Å². The molecule has 0 aromatic carbocycles. The molecule has 2 saturated heterocycles. The number of carbonyl (C=O) groups is 2. The molecule has 2 aliphatic heterocycles. The van der Waals surface area contributed by atoms with Crippen molar-refractivity contribution >= 4 is 17.6 Å². The van der Waals surface area contributed by atoms with Crippen molar-refractivity contribution in [1.29, 1.82) is 0 Å². The normalized spacial score (nSPS) is 25.8. The zero-order valence-electron chi connectivity index (χ0n) is 14.3. The van der Waals surface area contributed by atoms with Gasteiger partial charge in [0, 0.05) is 38.8 Å². The Hall–Kier alpha value is -2.10. The van der Waals surface area contributed by atoms with E-state index in [-0.39, 0.29) is 5.91 Å². The smallest absolute Gasteiger partial charge is 0.475 e. The van der Waals surface area contributed by atoms with E-state index >= 15 is 0 Å². The van der Waals surface area contributed by atoms with Gasteiger partial charge in [-0.2, -0.15) is 18.3 Å². The number of nitrogens with zero attached hydrogens (tertiary/aromatic N) is 4. The third-order valence-electron chi connectivity index (χ3n) is 5.01. The van der Waals surface area contributed by atoms with Crippen molar-refractivity contribution in [1.82, 2.24) is 14.7 Å². The Morgan fingerprint density at radius 1 is 1.31 bits per heavy atom. The van der Waals surface area contributed by atoms with Crippen molar-refractivity contribution in [2.24, 2.45) is 13.0 Å². The molecule has 3 fully saturated rings. The van der Waals surface area contributed by atoms with Crippen LogP contribution in [0.4, 0.5) is 18.9 Å². The van der Waals surface area contributed by atoms with Crippen molar-refractivity contribution in [3.05, 3.63) is 12.4 Å². The summed E-state index contributed by atoms with van der Waals surface area (Å²) < 4.78 is 33.5. The lowest BCUT2D eigenvalue weighted by Crippen LogP contribution is -2.37. The molecule has 3 aliphatic rings. The highest BCUT2D eigenvalue weighted by atomic mass is 19.4. The summed E-state index contributed by atoms with van der Waals surface area (Å²) >= 11 is 0. The number of aromatic nitrogens is 2. The van der Waals surface area contributed by atoms with Crippen LogP contribution in [0.1, 0.15) is 25.7 Å². The maximum absolute atomic E-state index is 12.3. The standard InChI is InChI=1S/C14H20N4O.C2HF3O2/c1-16-9-11(7-15-16)18-12-4-5-17(8-10-2-3-10)13(12)6-14(18)19;3-2(4,5)1(6)7/h7,9-10,12-13H,2-6,8H2,1H3;(H,6,7)/t12-,13+;/m0./s1. The summed E-state index contributed by atoms with van der Waals surface area (Å²) in [5, 5.41) is 11.3. The number of carboxylic acid groups (broad SMARTS) is 1. The molecule has 0 bridgehead atoms. The van der Waals surface area contributed by atoms with E-state index in [0.717, 1.165) is 24.6 Å². The number of likely N-dealkylation sites (tertiary alicyclic amines) is 1. The molecule has 2 atom stereocenters. The maximum Gasteiger partial charge on any atom is 0.490 e. The van der Waals surface area contributed by atoms with Crippen LogP contribution in [0.5, 0.6) is 0 Å². The second-order valence-corrected chi connectivity index (χ2v) is 7.00. The van der Waals surface area contributed by atoms with Crippen LogP contribution in [0.2, 0.25) is 0 Å². The lowest BCUT2D eigenvalue weighted by molar-refractivity contribution is -0.192. The number of amides is 1. The number of fused-ring (bicyclic) bond motifs is 1. The molecule has 3 heterocycles. The minimum atomic E-state index is -5.08. The number of rotatable bonds is 3. The molecule has 0 spiro atoms. The van der Waals surface area contributed by atoms with E-state index < -0.39 is 12.1 Å². The number of anilines is 1. The average molecular weight is 374 g/mol. The van der Waals surface area contributed by atoms with Crippen LogP contribution < -0.4 is 4.90 Å². The largest absolute Gasteiger partial charge is 0.490 e. The van der Waals surface area contributed by atoms with Gasteiger partial charge in [0.2, 0.25) is 5.91 Å². The monoisotopic (exact) mass is 374 g/mol. The maximum atomic E-state index is 12.3. The van der Waals surface area contributed by atoms with Crippen LogP contribution >= 0.6 is 0 Å². The van der Waals surface area contributed by atoms with Gasteiger partial charge in [-0.1, -0.05) is 0 Å². The molecule has 0 radical (unpaired) electrons. The van der Waals surface area contributed by atoms with E-state index in [1.54, 1.807) is 4.68 Å². The van der Waals surface area contributed by atoms with Crippen molar-refractivity contribution in [3.63, 3.8) is 0 Å². The topological polar surface area (TPSA) is 78.7 Å². The Bertz CT molecular complexity index is 687. The molecule has 1 aliphatic carbocycles. The zero-order chi connectivity index (χ0) is 19.1. The Morgan fingerprint density at radius 2 is 1.96 bits per heavy atom. The number of aryl methyl sites for hydroxylation is 1. The molecule has 1 N–H and O–H groups in total. The first-order valence-electron chi connectivity index (χ1n) is 8.51. The fraction of sp³-hybridized carbons (Fsp3) is 0.688. The second-order valence-electron chi connectivity index (χ2n) is 7.00. The van der Waals surface area contributed by atoms with E-state index in [4.69, 9.17) is 9.90 Å². The van der Waals surface area contributed by atoms with Crippen molar-refractivity contribution in [3.8, 4) is 0 Å². The van der Waals surface area contributed by atoms with E-state index in [9.17, 15) is 18.0 Å². The summed E-state index contributed by atoms with van der Waals surface area (Å²) in [7, 11) is 1.90. The van der Waals surface area contributed by atoms with Gasteiger partial charge < -0.3 is 10.0 Å². The lowest BCUT2D eigenvalue weighted by Gasteiger charge is -2.24. The summed E-state index contributed by atoms with van der Waals surface area (Å²) in [6.45, 7) is 2.35. The van der Waals surface area contributed by atoms with Crippen molar-refractivity contribution in [2.75, 3.05) is 18.0 Å². The third kappa shape index (κ3) is 4.00. The van der Waals surface area contributed by atoms with Crippen molar-refractivity contribution < 1.29 is 27.9 Å². The van der Waals surface area contributed by atoms with Gasteiger partial charge >= 0.3 is 12.1 Å². The van der Waals surface area contributed by atoms with Crippen LogP contribution in [0.3, 0.4) is 0 Å². The number of carboxylic acids is 1. The highest BCUT2D eigenvalue weighted by molar-refractivity contribution is 5.97. The summed E-state index contributed by atoms with van der Waals surface area (Å²) in [5.74, 6) is -1.59. The molecule has 1 aromatic rings. The van der Waals surface area contributed by atoms with E-state index in [1.807, 2.05) is 24.3 Å². The van der Waals surface area contributed by atoms with Crippen LogP contribution in [0.15, 0.2) is 12.4 Å². The highest BCUT2D eigenvalue weighted by Gasteiger charge is 2.48. The first kappa shape index (κ1) is 18.7. The van der Waals surface area contributed by atoms with Gasteiger partial charge in [0.1, 0.15) is 0 Å². The third-order valence-corrected chi connectivity index (χ3v) is 5.01. The van der Waals surface area contributed by atoms with Crippen LogP contribution in [-0.4, -0.2) is 63.0 Å². The fourth-order valence-electron chi connectivity index (χ4n) is 3.66. The summed E-state index contributed by atoms with van der Waals surface area (Å²) in [6.07, 6.45) is 3.24. The summed E-state index contributed by atoms with van der Waals surface area (Å²) in [5.41, 5.74) is 0.966. The van der Waals surface area contributed by atoms with E-state index in [2.05, 4.69) is 10.00 Å². The molecule has 26 heavy (non-hydrogen) atoms. The van der Waals surface area contributed by atoms with Gasteiger partial charge in [-0.25, -0.2) is 4.79 Å². The van der Waals surface area contributed by atoms with Crippen LogP contribution in [-0.2, 0) is 16.6 Å². The summed E-state index contributed by atoms with van der Waals surface area (Å²) in [4.78, 5) is 25.7. The predicted octanol–water partition coefficient (Wildman–Crippen LogP) is 1.64. The van der Waals surface area contributed by atoms with Crippen molar-refractivity contribution in [2.45, 2.75) is 43.9 Å². The Morgan fingerprint density at radius 3 is 2.46 bits per heavy atom. The molecule has 144 valence electrons. The minimum absolute atomic E-state index is 0.267. The zero-order valence-corrected chi connectivity index (χ0v) is 14.3. The molecule has 10 heteroatoms. The predicted molar refractivity (Wildman–Crippen MR) is 85.5 cm³/mol. The molecule has 1 amide bonds. The Kier molecular flexibility index (Phi) is 4.96. The average Bonchev–Trinajstić information content (AvgIpc) is 2.99. The number of halogens is 3. The first-order valence-corrected chi connectivity index (χ1v) is 8.51. The number of hydrogen-bond donors (Lipinski definition) is 1. The fourth-order valence-corrected chi connectivity index (χ4v) is 3.66. The molecule has 7 nitrogen and oxygen atoms in total. The Labute approximate surface area is 148 Å². The van der Waals surface area contributed by atoms with Gasteiger partial charge in [0.15, 0.2) is 0 Å². The van der Waals surface area contributed by atoms with Gasteiger partial charge in [0.05, 0.1) is 17.9 Å². The first-order chi connectivity index (χ1) is 12.2. The summed E-state index contributed by atoms with van der Waals surface area (Å²) in [6, 6.07) is 0.809. The molecule has 4 rings (SSSR count). The number of hydrogen-bond acceptors (Lipinski definition) is 4. The molecule has 1 aromatic heterocycles. The van der Waals surface area contributed by atoms with Gasteiger partial charge in [-0.15, -0.1) is 0 Å². The molecule has 1 saturated carbocycles. The molecular formula is C16H21F3N4O3.